The molecule has 0 aliphatic heterocycles. The molecule has 0 bridgehead atoms. The molecule has 0 aliphatic rings. The number of hydrogen-bond donors (Lipinski definition) is 1. The second kappa shape index (κ2) is 5.34. The number of amides is 1. The van der Waals surface area contributed by atoms with E-state index in [9.17, 15) is 9.59 Å². The number of ether oxygens (including phenoxy) is 1. The highest BCUT2D eigenvalue weighted by Gasteiger charge is 2.33. The van der Waals surface area contributed by atoms with Crippen molar-refractivity contribution < 1.29 is 14.3 Å². The van der Waals surface area contributed by atoms with Crippen molar-refractivity contribution in [1.29, 1.82) is 0 Å². The number of carbonyl (C=O) groups is 2. The van der Waals surface area contributed by atoms with Gasteiger partial charge in [-0.15, -0.1) is 6.58 Å². The largest absolute Gasteiger partial charge is 0.435 e. The molecule has 0 saturated heterocycles. The summed E-state index contributed by atoms with van der Waals surface area (Å²) in [4.78, 5) is 22.4. The lowest BCUT2D eigenvalue weighted by Gasteiger charge is -2.23. The Morgan fingerprint density at radius 2 is 2.00 bits per heavy atom. The highest BCUT2D eigenvalue weighted by molar-refractivity contribution is 5.81. The Balaban J connectivity index is 4.59. The molecular weight excluding hydrogens is 194 g/mol. The first-order valence-corrected chi connectivity index (χ1v) is 4.59. The molecule has 15 heavy (non-hydrogen) atoms. The summed E-state index contributed by atoms with van der Waals surface area (Å²) in [6.45, 7) is 10.2. The van der Waals surface area contributed by atoms with Crippen LogP contribution in [0.1, 0.15) is 20.3 Å². The summed E-state index contributed by atoms with van der Waals surface area (Å²) in [7, 11) is 0. The highest BCUT2D eigenvalue weighted by Crippen LogP contribution is 2.27. The number of nitrogens with two attached hydrogens (primary N) is 1. The van der Waals surface area contributed by atoms with Gasteiger partial charge in [0.2, 0.25) is 5.91 Å². The van der Waals surface area contributed by atoms with E-state index >= 15 is 0 Å². The van der Waals surface area contributed by atoms with Crippen LogP contribution in [0.15, 0.2) is 25.5 Å². The Bertz CT molecular complexity index is 282. The number of primary amides is 1. The van der Waals surface area contributed by atoms with Gasteiger partial charge in [-0.3, -0.25) is 9.59 Å². The second-order valence-corrected chi connectivity index (χ2v) is 3.90. The molecule has 1 unspecified atom stereocenters. The van der Waals surface area contributed by atoms with Gasteiger partial charge in [0, 0.05) is 0 Å². The fraction of sp³-hybridized carbons (Fsp3) is 0.455. The second-order valence-electron chi connectivity index (χ2n) is 3.90. The SMILES string of the molecule is C=COC(=O)C(C)(C)CC(C=C)C(N)=O. The molecule has 0 aromatic heterocycles. The lowest BCUT2D eigenvalue weighted by Crippen LogP contribution is -2.32. The maximum absolute atomic E-state index is 11.5. The van der Waals surface area contributed by atoms with Crippen molar-refractivity contribution in [3.63, 3.8) is 0 Å². The van der Waals surface area contributed by atoms with Crippen LogP contribution in [0.3, 0.4) is 0 Å². The molecule has 0 rings (SSSR count). The molecule has 0 radical (unpaired) electrons. The van der Waals surface area contributed by atoms with Crippen molar-refractivity contribution in [2.75, 3.05) is 0 Å². The summed E-state index contributed by atoms with van der Waals surface area (Å²) < 4.78 is 4.67. The Labute approximate surface area is 89.8 Å². The maximum Gasteiger partial charge on any atom is 0.316 e. The first kappa shape index (κ1) is 13.4. The zero-order chi connectivity index (χ0) is 12.1. The lowest BCUT2D eigenvalue weighted by molar-refractivity contribution is -0.148. The van der Waals surface area contributed by atoms with E-state index < -0.39 is 23.2 Å². The van der Waals surface area contributed by atoms with Crippen molar-refractivity contribution in [2.45, 2.75) is 20.3 Å². The van der Waals surface area contributed by atoms with Crippen LogP contribution in [0.5, 0.6) is 0 Å². The topological polar surface area (TPSA) is 69.4 Å². The molecular formula is C11H17NO3. The molecule has 0 heterocycles. The van der Waals surface area contributed by atoms with Crippen LogP contribution in [0.2, 0.25) is 0 Å². The van der Waals surface area contributed by atoms with Crippen LogP contribution in [0, 0.1) is 11.3 Å². The molecule has 0 spiro atoms. The number of carbonyl (C=O) groups excluding carboxylic acids is 2. The van der Waals surface area contributed by atoms with E-state index in [0.29, 0.717) is 0 Å². The van der Waals surface area contributed by atoms with E-state index in [0.717, 1.165) is 6.26 Å². The molecule has 4 nitrogen and oxygen atoms in total. The molecule has 0 aromatic carbocycles. The highest BCUT2D eigenvalue weighted by atomic mass is 16.5. The van der Waals surface area contributed by atoms with Gasteiger partial charge in [0.25, 0.3) is 0 Å². The monoisotopic (exact) mass is 211 g/mol. The normalized spacial score (nSPS) is 12.7. The van der Waals surface area contributed by atoms with Crippen LogP contribution in [-0.4, -0.2) is 11.9 Å². The summed E-state index contributed by atoms with van der Waals surface area (Å²) >= 11 is 0. The third kappa shape index (κ3) is 3.97. The van der Waals surface area contributed by atoms with Gasteiger partial charge in [-0.05, 0) is 20.3 Å². The zero-order valence-electron chi connectivity index (χ0n) is 9.16. The molecule has 0 aliphatic carbocycles. The number of rotatable bonds is 6. The lowest BCUT2D eigenvalue weighted by atomic mass is 9.82. The quantitative estimate of drug-likeness (QED) is 0.410. The summed E-state index contributed by atoms with van der Waals surface area (Å²) in [6, 6.07) is 0. The first-order valence-electron chi connectivity index (χ1n) is 4.59. The molecule has 0 saturated carbocycles. The minimum absolute atomic E-state index is 0.276. The van der Waals surface area contributed by atoms with Crippen LogP contribution in [0.4, 0.5) is 0 Å². The van der Waals surface area contributed by atoms with Crippen molar-refractivity contribution in [3.8, 4) is 0 Å². The van der Waals surface area contributed by atoms with Gasteiger partial charge in [-0.1, -0.05) is 12.7 Å². The summed E-state index contributed by atoms with van der Waals surface area (Å²) in [5.41, 5.74) is 4.36. The van der Waals surface area contributed by atoms with Gasteiger partial charge < -0.3 is 10.5 Å². The van der Waals surface area contributed by atoms with E-state index in [1.807, 2.05) is 0 Å². The van der Waals surface area contributed by atoms with Crippen LogP contribution in [-0.2, 0) is 14.3 Å². The molecule has 1 atom stereocenters. The van der Waals surface area contributed by atoms with Gasteiger partial charge in [0.05, 0.1) is 17.6 Å². The van der Waals surface area contributed by atoms with Gasteiger partial charge in [-0.2, -0.15) is 0 Å². The van der Waals surface area contributed by atoms with E-state index in [2.05, 4.69) is 17.9 Å². The fourth-order valence-corrected chi connectivity index (χ4v) is 1.17. The molecule has 4 heteroatoms. The molecule has 0 aromatic rings. The van der Waals surface area contributed by atoms with E-state index in [1.165, 1.54) is 6.08 Å². The molecule has 84 valence electrons. The molecule has 0 fully saturated rings. The van der Waals surface area contributed by atoms with Crippen molar-refractivity contribution >= 4 is 11.9 Å². The third-order valence-electron chi connectivity index (χ3n) is 2.12. The van der Waals surface area contributed by atoms with E-state index in [4.69, 9.17) is 5.73 Å². The predicted octanol–water partition coefficient (Wildman–Crippen LogP) is 1.38. The maximum atomic E-state index is 11.5. The van der Waals surface area contributed by atoms with E-state index in [1.54, 1.807) is 13.8 Å². The molecule has 1 amide bonds. The van der Waals surface area contributed by atoms with Crippen LogP contribution >= 0.6 is 0 Å². The van der Waals surface area contributed by atoms with Gasteiger partial charge in [-0.25, -0.2) is 0 Å². The average molecular weight is 211 g/mol. The minimum Gasteiger partial charge on any atom is -0.435 e. The van der Waals surface area contributed by atoms with Crippen molar-refractivity contribution in [1.82, 2.24) is 0 Å². The van der Waals surface area contributed by atoms with Crippen LogP contribution < -0.4 is 5.73 Å². The Kier molecular flexibility index (Phi) is 4.78. The molecule has 2 N–H and O–H groups in total. The van der Waals surface area contributed by atoms with Crippen molar-refractivity contribution in [2.24, 2.45) is 17.1 Å². The van der Waals surface area contributed by atoms with Crippen LogP contribution in [0.25, 0.3) is 0 Å². The minimum atomic E-state index is -0.790. The Hall–Kier alpha value is -1.58. The van der Waals surface area contributed by atoms with Gasteiger partial charge in [0.15, 0.2) is 0 Å². The zero-order valence-corrected chi connectivity index (χ0v) is 9.16. The predicted molar refractivity (Wildman–Crippen MR) is 57.6 cm³/mol. The Morgan fingerprint density at radius 3 is 2.33 bits per heavy atom. The number of esters is 1. The third-order valence-corrected chi connectivity index (χ3v) is 2.12. The Morgan fingerprint density at radius 1 is 1.47 bits per heavy atom. The summed E-state index contributed by atoms with van der Waals surface area (Å²) in [5.74, 6) is -1.47. The smallest absolute Gasteiger partial charge is 0.316 e. The average Bonchev–Trinajstić information content (AvgIpc) is 2.14. The standard InChI is InChI=1S/C11H17NO3/c1-5-8(9(12)13)7-11(3,4)10(14)15-6-2/h5-6,8H,1-2,7H2,3-4H3,(H2,12,13). The first-order chi connectivity index (χ1) is 6.85. The van der Waals surface area contributed by atoms with Crippen molar-refractivity contribution in [3.05, 3.63) is 25.5 Å². The van der Waals surface area contributed by atoms with E-state index in [-0.39, 0.29) is 6.42 Å². The summed E-state index contributed by atoms with van der Waals surface area (Å²) in [6.07, 6.45) is 2.78. The fourth-order valence-electron chi connectivity index (χ4n) is 1.17. The number of hydrogen-bond acceptors (Lipinski definition) is 3. The van der Waals surface area contributed by atoms with Gasteiger partial charge >= 0.3 is 5.97 Å². The van der Waals surface area contributed by atoms with Gasteiger partial charge in [0.1, 0.15) is 0 Å². The summed E-state index contributed by atoms with van der Waals surface area (Å²) in [5, 5.41) is 0.